The normalized spacial score (nSPS) is 15.1. The summed E-state index contributed by atoms with van der Waals surface area (Å²) in [4.78, 5) is 0. The van der Waals surface area contributed by atoms with Gasteiger partial charge in [-0.1, -0.05) is 25.1 Å². The van der Waals surface area contributed by atoms with E-state index in [1.807, 2.05) is 39.0 Å². The van der Waals surface area contributed by atoms with Gasteiger partial charge in [0.2, 0.25) is 0 Å². The van der Waals surface area contributed by atoms with Crippen molar-refractivity contribution in [2.45, 2.75) is 45.8 Å². The fourth-order valence-corrected chi connectivity index (χ4v) is 1.50. The van der Waals surface area contributed by atoms with Gasteiger partial charge >= 0.3 is 0 Å². The molecular formula is C13H21NO. The van der Waals surface area contributed by atoms with Crippen LogP contribution in [0.1, 0.15) is 39.2 Å². The van der Waals surface area contributed by atoms with Crippen molar-refractivity contribution in [2.75, 3.05) is 0 Å². The van der Waals surface area contributed by atoms with E-state index in [1.54, 1.807) is 0 Å². The quantitative estimate of drug-likeness (QED) is 0.824. The van der Waals surface area contributed by atoms with Crippen LogP contribution in [0.15, 0.2) is 24.3 Å². The van der Waals surface area contributed by atoms with Gasteiger partial charge in [0.1, 0.15) is 5.75 Å². The number of hydrogen-bond donors (Lipinski definition) is 1. The van der Waals surface area contributed by atoms with Crippen molar-refractivity contribution in [1.82, 2.24) is 0 Å². The van der Waals surface area contributed by atoms with Crippen LogP contribution >= 0.6 is 0 Å². The van der Waals surface area contributed by atoms with Gasteiger partial charge in [0.15, 0.2) is 0 Å². The average molecular weight is 207 g/mol. The second-order valence-electron chi connectivity index (χ2n) is 4.35. The van der Waals surface area contributed by atoms with E-state index in [9.17, 15) is 0 Å². The lowest BCUT2D eigenvalue weighted by Gasteiger charge is -2.21. The smallest absolute Gasteiger partial charge is 0.123 e. The highest BCUT2D eigenvalue weighted by atomic mass is 16.5. The standard InChI is InChI=1S/C13H21NO/c1-9(2)15-13-8-6-5-7-12(13)10(3)11(4)14/h5-11H,14H2,1-4H3. The van der Waals surface area contributed by atoms with Gasteiger partial charge in [-0.2, -0.15) is 0 Å². The predicted molar refractivity (Wildman–Crippen MR) is 64.3 cm³/mol. The summed E-state index contributed by atoms with van der Waals surface area (Å²) < 4.78 is 5.76. The zero-order valence-corrected chi connectivity index (χ0v) is 10.0. The minimum Gasteiger partial charge on any atom is -0.491 e. The van der Waals surface area contributed by atoms with Gasteiger partial charge in [0, 0.05) is 6.04 Å². The Labute approximate surface area is 92.4 Å². The third-order valence-corrected chi connectivity index (χ3v) is 2.56. The number of nitrogens with two attached hydrogens (primary N) is 1. The molecule has 0 aliphatic heterocycles. The Balaban J connectivity index is 2.95. The first-order valence-corrected chi connectivity index (χ1v) is 5.53. The second-order valence-corrected chi connectivity index (χ2v) is 4.35. The molecule has 0 saturated heterocycles. The SMILES string of the molecule is CC(C)Oc1ccccc1C(C)C(C)N. The van der Waals surface area contributed by atoms with Crippen LogP contribution in [0.3, 0.4) is 0 Å². The van der Waals surface area contributed by atoms with E-state index in [0.717, 1.165) is 5.75 Å². The van der Waals surface area contributed by atoms with Gasteiger partial charge in [0.25, 0.3) is 0 Å². The van der Waals surface area contributed by atoms with Crippen molar-refractivity contribution in [3.63, 3.8) is 0 Å². The highest BCUT2D eigenvalue weighted by molar-refractivity contribution is 5.36. The molecule has 0 radical (unpaired) electrons. The van der Waals surface area contributed by atoms with E-state index in [4.69, 9.17) is 10.5 Å². The lowest BCUT2D eigenvalue weighted by molar-refractivity contribution is 0.238. The fraction of sp³-hybridized carbons (Fsp3) is 0.538. The Morgan fingerprint density at radius 3 is 2.20 bits per heavy atom. The maximum atomic E-state index is 5.91. The van der Waals surface area contributed by atoms with E-state index >= 15 is 0 Å². The molecular weight excluding hydrogens is 186 g/mol. The minimum absolute atomic E-state index is 0.141. The highest BCUT2D eigenvalue weighted by Gasteiger charge is 2.15. The molecule has 0 aromatic heterocycles. The molecule has 0 amide bonds. The largest absolute Gasteiger partial charge is 0.491 e. The summed E-state index contributed by atoms with van der Waals surface area (Å²) >= 11 is 0. The molecule has 2 nitrogen and oxygen atoms in total. The third-order valence-electron chi connectivity index (χ3n) is 2.56. The molecule has 0 saturated carbocycles. The minimum atomic E-state index is 0.141. The van der Waals surface area contributed by atoms with Crippen LogP contribution in [0.4, 0.5) is 0 Å². The van der Waals surface area contributed by atoms with Crippen molar-refractivity contribution in [1.29, 1.82) is 0 Å². The van der Waals surface area contributed by atoms with Crippen LogP contribution in [0.25, 0.3) is 0 Å². The third kappa shape index (κ3) is 3.24. The maximum Gasteiger partial charge on any atom is 0.123 e. The number of ether oxygens (including phenoxy) is 1. The molecule has 0 spiro atoms. The summed E-state index contributed by atoms with van der Waals surface area (Å²) in [5, 5.41) is 0. The Hall–Kier alpha value is -1.02. The fourth-order valence-electron chi connectivity index (χ4n) is 1.50. The van der Waals surface area contributed by atoms with Gasteiger partial charge in [-0.05, 0) is 38.3 Å². The van der Waals surface area contributed by atoms with Crippen LogP contribution in [-0.2, 0) is 0 Å². The molecule has 2 atom stereocenters. The summed E-state index contributed by atoms with van der Waals surface area (Å²) in [7, 11) is 0. The first-order chi connectivity index (χ1) is 7.02. The van der Waals surface area contributed by atoms with Crippen molar-refractivity contribution < 1.29 is 4.74 Å². The molecule has 0 bridgehead atoms. The number of hydrogen-bond acceptors (Lipinski definition) is 2. The van der Waals surface area contributed by atoms with Gasteiger partial charge < -0.3 is 10.5 Å². The molecule has 2 N–H and O–H groups in total. The van der Waals surface area contributed by atoms with Crippen molar-refractivity contribution in [3.05, 3.63) is 29.8 Å². The van der Waals surface area contributed by atoms with Crippen molar-refractivity contribution in [3.8, 4) is 5.75 Å². The van der Waals surface area contributed by atoms with Gasteiger partial charge in [-0.15, -0.1) is 0 Å². The molecule has 1 aromatic rings. The first-order valence-electron chi connectivity index (χ1n) is 5.53. The highest BCUT2D eigenvalue weighted by Crippen LogP contribution is 2.28. The molecule has 0 aliphatic rings. The van der Waals surface area contributed by atoms with Crippen LogP contribution < -0.4 is 10.5 Å². The Morgan fingerprint density at radius 1 is 1.07 bits per heavy atom. The van der Waals surface area contributed by atoms with E-state index in [-0.39, 0.29) is 12.1 Å². The Kier molecular flexibility index (Phi) is 4.15. The van der Waals surface area contributed by atoms with Crippen LogP contribution in [0.2, 0.25) is 0 Å². The zero-order valence-electron chi connectivity index (χ0n) is 10.0. The van der Waals surface area contributed by atoms with Gasteiger partial charge in [0.05, 0.1) is 6.10 Å². The first kappa shape index (κ1) is 12.1. The second kappa shape index (κ2) is 5.17. The lowest BCUT2D eigenvalue weighted by atomic mass is 9.94. The summed E-state index contributed by atoms with van der Waals surface area (Å²) in [5.74, 6) is 1.28. The molecule has 0 fully saturated rings. The lowest BCUT2D eigenvalue weighted by Crippen LogP contribution is -2.23. The van der Waals surface area contributed by atoms with Gasteiger partial charge in [-0.25, -0.2) is 0 Å². The summed E-state index contributed by atoms with van der Waals surface area (Å²) in [6.07, 6.45) is 0.200. The topological polar surface area (TPSA) is 35.2 Å². The maximum absolute atomic E-state index is 5.91. The van der Waals surface area contributed by atoms with E-state index in [2.05, 4.69) is 13.0 Å². The van der Waals surface area contributed by atoms with Crippen LogP contribution in [-0.4, -0.2) is 12.1 Å². The molecule has 2 heteroatoms. The van der Waals surface area contributed by atoms with Crippen LogP contribution in [0, 0.1) is 0 Å². The predicted octanol–water partition coefficient (Wildman–Crippen LogP) is 2.92. The summed E-state index contributed by atoms with van der Waals surface area (Å²) in [5.41, 5.74) is 7.11. The van der Waals surface area contributed by atoms with Crippen molar-refractivity contribution in [2.24, 2.45) is 5.73 Å². The zero-order chi connectivity index (χ0) is 11.4. The monoisotopic (exact) mass is 207 g/mol. The molecule has 1 rings (SSSR count). The number of rotatable bonds is 4. The Morgan fingerprint density at radius 2 is 1.67 bits per heavy atom. The number of para-hydroxylation sites is 1. The number of benzene rings is 1. The molecule has 2 unspecified atom stereocenters. The Bertz CT molecular complexity index is 307. The molecule has 84 valence electrons. The molecule has 0 aliphatic carbocycles. The summed E-state index contributed by atoms with van der Waals surface area (Å²) in [6, 6.07) is 8.26. The van der Waals surface area contributed by atoms with E-state index in [1.165, 1.54) is 5.56 Å². The van der Waals surface area contributed by atoms with Gasteiger partial charge in [-0.3, -0.25) is 0 Å². The average Bonchev–Trinajstić information content (AvgIpc) is 2.16. The van der Waals surface area contributed by atoms with E-state index in [0.29, 0.717) is 5.92 Å². The summed E-state index contributed by atoms with van der Waals surface area (Å²) in [6.45, 7) is 8.23. The van der Waals surface area contributed by atoms with Crippen molar-refractivity contribution >= 4 is 0 Å². The van der Waals surface area contributed by atoms with Crippen LogP contribution in [0.5, 0.6) is 5.75 Å². The van der Waals surface area contributed by atoms with E-state index < -0.39 is 0 Å². The molecule has 1 aromatic carbocycles. The molecule has 0 heterocycles. The molecule has 15 heavy (non-hydrogen) atoms.